The van der Waals surface area contributed by atoms with Crippen molar-refractivity contribution in [2.45, 2.75) is 0 Å². The lowest BCUT2D eigenvalue weighted by Crippen LogP contribution is -1.97. The number of nitrogens with zero attached hydrogens (tertiary/aromatic N) is 2. The van der Waals surface area contributed by atoms with E-state index >= 15 is 0 Å². The molecule has 0 aliphatic heterocycles. The number of rotatable bonds is 2. The minimum atomic E-state index is 0.321. The van der Waals surface area contributed by atoms with E-state index < -0.39 is 0 Å². The van der Waals surface area contributed by atoms with Crippen LogP contribution in [0.2, 0.25) is 5.02 Å². The molecule has 0 N–H and O–H groups in total. The molecule has 0 heterocycles. The Balaban J connectivity index is 2.46. The molecule has 0 spiro atoms. The van der Waals surface area contributed by atoms with Crippen molar-refractivity contribution in [3.63, 3.8) is 0 Å². The Labute approximate surface area is 105 Å². The monoisotopic (exact) mass is 240 g/mol. The maximum Gasteiger partial charge on any atom is 0.149 e. The van der Waals surface area contributed by atoms with Gasteiger partial charge in [-0.3, -0.25) is 0 Å². The predicted molar refractivity (Wildman–Crippen MR) is 69.7 cm³/mol. The second kappa shape index (κ2) is 5.29. The molecule has 0 bridgehead atoms. The fraction of sp³-hybridized carbons (Fsp3) is 0. The van der Waals surface area contributed by atoms with Gasteiger partial charge in [0.05, 0.1) is 10.7 Å². The van der Waals surface area contributed by atoms with Gasteiger partial charge in [0.15, 0.2) is 0 Å². The third-order valence-electron chi connectivity index (χ3n) is 2.23. The maximum atomic E-state index is 9.13. The number of aliphatic imine (C=N–C) groups is 1. The smallest absolute Gasteiger partial charge is 0.149 e. The average Bonchev–Trinajstić information content (AvgIpc) is 2.38. The summed E-state index contributed by atoms with van der Waals surface area (Å²) in [5.74, 6) is 0. The fourth-order valence-corrected chi connectivity index (χ4v) is 1.66. The summed E-state index contributed by atoms with van der Waals surface area (Å²) in [6, 6.07) is 18.6. The Morgan fingerprint density at radius 3 is 2.29 bits per heavy atom. The Hall–Kier alpha value is -2.11. The first-order chi connectivity index (χ1) is 8.31. The molecule has 2 nitrogen and oxygen atoms in total. The number of nitriles is 1. The van der Waals surface area contributed by atoms with E-state index in [0.29, 0.717) is 16.3 Å². The van der Waals surface area contributed by atoms with Gasteiger partial charge in [0, 0.05) is 5.56 Å². The minimum Gasteiger partial charge on any atom is -0.237 e. The van der Waals surface area contributed by atoms with Crippen LogP contribution in [0.3, 0.4) is 0 Å². The van der Waals surface area contributed by atoms with E-state index in [1.165, 1.54) is 0 Å². The van der Waals surface area contributed by atoms with Crippen molar-refractivity contribution >= 4 is 23.0 Å². The van der Waals surface area contributed by atoms with Crippen molar-refractivity contribution < 1.29 is 0 Å². The third-order valence-corrected chi connectivity index (χ3v) is 2.56. The van der Waals surface area contributed by atoms with E-state index in [2.05, 4.69) is 11.1 Å². The molecule has 3 heteroatoms. The van der Waals surface area contributed by atoms with Gasteiger partial charge in [-0.05, 0) is 18.2 Å². The molecule has 0 fully saturated rings. The molecule has 0 radical (unpaired) electrons. The zero-order valence-corrected chi connectivity index (χ0v) is 9.72. The quantitative estimate of drug-likeness (QED) is 0.732. The third kappa shape index (κ3) is 2.72. The molecule has 0 aliphatic carbocycles. The number of para-hydroxylation sites is 1. The van der Waals surface area contributed by atoms with Crippen LogP contribution < -0.4 is 0 Å². The SMILES string of the molecule is N#CC(=Nc1ccccc1)c1ccccc1Cl. The summed E-state index contributed by atoms with van der Waals surface area (Å²) in [5, 5.41) is 9.66. The second-order valence-electron chi connectivity index (χ2n) is 3.39. The van der Waals surface area contributed by atoms with E-state index in [9.17, 15) is 0 Å². The van der Waals surface area contributed by atoms with Crippen LogP contribution in [0.25, 0.3) is 0 Å². The van der Waals surface area contributed by atoms with Crippen LogP contribution >= 0.6 is 11.6 Å². The van der Waals surface area contributed by atoms with Crippen LogP contribution in [0.15, 0.2) is 59.6 Å². The van der Waals surface area contributed by atoms with Crippen LogP contribution in [-0.4, -0.2) is 5.71 Å². The molecule has 0 amide bonds. The molecule has 0 saturated heterocycles. The lowest BCUT2D eigenvalue weighted by Gasteiger charge is -2.01. The van der Waals surface area contributed by atoms with Gasteiger partial charge in [0.1, 0.15) is 11.8 Å². The highest BCUT2D eigenvalue weighted by atomic mass is 35.5. The minimum absolute atomic E-state index is 0.321. The Morgan fingerprint density at radius 2 is 1.65 bits per heavy atom. The van der Waals surface area contributed by atoms with Gasteiger partial charge in [-0.2, -0.15) is 5.26 Å². The van der Waals surface area contributed by atoms with Crippen LogP contribution in [0.5, 0.6) is 0 Å². The summed E-state index contributed by atoms with van der Waals surface area (Å²) in [6.45, 7) is 0. The Bertz CT molecular complexity index is 583. The van der Waals surface area contributed by atoms with E-state index in [1.54, 1.807) is 12.1 Å². The molecule has 2 rings (SSSR count). The molecule has 0 atom stereocenters. The van der Waals surface area contributed by atoms with Crippen LogP contribution in [0.1, 0.15) is 5.56 Å². The van der Waals surface area contributed by atoms with Gasteiger partial charge in [0.2, 0.25) is 0 Å². The van der Waals surface area contributed by atoms with Crippen molar-refractivity contribution in [3.8, 4) is 6.07 Å². The van der Waals surface area contributed by atoms with Crippen molar-refractivity contribution in [3.05, 3.63) is 65.2 Å². The molecular formula is C14H9ClN2. The van der Waals surface area contributed by atoms with Gasteiger partial charge >= 0.3 is 0 Å². The summed E-state index contributed by atoms with van der Waals surface area (Å²) in [6.07, 6.45) is 0. The Kier molecular flexibility index (Phi) is 3.54. The maximum absolute atomic E-state index is 9.13. The molecule has 0 unspecified atom stereocenters. The number of hydrogen-bond acceptors (Lipinski definition) is 2. The van der Waals surface area contributed by atoms with Crippen molar-refractivity contribution in [2.75, 3.05) is 0 Å². The van der Waals surface area contributed by atoms with E-state index in [1.807, 2.05) is 42.5 Å². The molecule has 2 aromatic carbocycles. The first-order valence-electron chi connectivity index (χ1n) is 5.10. The van der Waals surface area contributed by atoms with Gasteiger partial charge in [-0.15, -0.1) is 0 Å². The molecule has 82 valence electrons. The normalized spacial score (nSPS) is 10.9. The molecule has 0 saturated carbocycles. The standard InChI is InChI=1S/C14H9ClN2/c15-13-9-5-4-8-12(13)14(10-16)17-11-6-2-1-3-7-11/h1-9H. The van der Waals surface area contributed by atoms with E-state index in [-0.39, 0.29) is 0 Å². The topological polar surface area (TPSA) is 36.1 Å². The van der Waals surface area contributed by atoms with Gasteiger partial charge < -0.3 is 0 Å². The van der Waals surface area contributed by atoms with Gasteiger partial charge in [-0.25, -0.2) is 4.99 Å². The molecule has 17 heavy (non-hydrogen) atoms. The van der Waals surface area contributed by atoms with E-state index in [0.717, 1.165) is 5.69 Å². The van der Waals surface area contributed by atoms with Crippen LogP contribution in [-0.2, 0) is 0 Å². The highest BCUT2D eigenvalue weighted by molar-refractivity contribution is 6.35. The van der Waals surface area contributed by atoms with Crippen molar-refractivity contribution in [1.82, 2.24) is 0 Å². The molecule has 0 aromatic heterocycles. The molecular weight excluding hydrogens is 232 g/mol. The first kappa shape index (κ1) is 11.4. The summed E-state index contributed by atoms with van der Waals surface area (Å²) >= 11 is 6.03. The summed E-state index contributed by atoms with van der Waals surface area (Å²) < 4.78 is 0. The zero-order valence-electron chi connectivity index (χ0n) is 8.97. The second-order valence-corrected chi connectivity index (χ2v) is 3.79. The highest BCUT2D eigenvalue weighted by Crippen LogP contribution is 2.19. The van der Waals surface area contributed by atoms with E-state index in [4.69, 9.17) is 16.9 Å². The highest BCUT2D eigenvalue weighted by Gasteiger charge is 2.06. The summed E-state index contributed by atoms with van der Waals surface area (Å²) in [5.41, 5.74) is 1.71. The van der Waals surface area contributed by atoms with Gasteiger partial charge in [-0.1, -0.05) is 48.0 Å². The first-order valence-corrected chi connectivity index (χ1v) is 5.48. The fourth-order valence-electron chi connectivity index (χ4n) is 1.43. The summed E-state index contributed by atoms with van der Waals surface area (Å²) in [4.78, 5) is 4.28. The van der Waals surface area contributed by atoms with Gasteiger partial charge in [0.25, 0.3) is 0 Å². The Morgan fingerprint density at radius 1 is 1.00 bits per heavy atom. The van der Waals surface area contributed by atoms with Crippen LogP contribution in [0.4, 0.5) is 5.69 Å². The summed E-state index contributed by atoms with van der Waals surface area (Å²) in [7, 11) is 0. The predicted octanol–water partition coefficient (Wildman–Crippen LogP) is 3.98. The average molecular weight is 241 g/mol. The van der Waals surface area contributed by atoms with Crippen molar-refractivity contribution in [2.24, 2.45) is 4.99 Å². The number of benzene rings is 2. The molecule has 2 aromatic rings. The molecule has 0 aliphatic rings. The zero-order chi connectivity index (χ0) is 12.1. The lowest BCUT2D eigenvalue weighted by molar-refractivity contribution is 1.48. The largest absolute Gasteiger partial charge is 0.237 e. The number of halogens is 1. The number of hydrogen-bond donors (Lipinski definition) is 0. The van der Waals surface area contributed by atoms with Crippen molar-refractivity contribution in [1.29, 1.82) is 5.26 Å². The van der Waals surface area contributed by atoms with Crippen LogP contribution in [0, 0.1) is 11.3 Å². The lowest BCUT2D eigenvalue weighted by atomic mass is 10.1.